The molecule has 2 aromatic rings. The van der Waals surface area contributed by atoms with Crippen LogP contribution in [0.4, 0.5) is 5.69 Å². The summed E-state index contributed by atoms with van der Waals surface area (Å²) in [5, 5.41) is 0. The number of sulfonamides is 1. The lowest BCUT2D eigenvalue weighted by molar-refractivity contribution is 0.572. The highest BCUT2D eigenvalue weighted by Gasteiger charge is 2.19. The number of hydrogen-bond donors (Lipinski definition) is 2. The molecule has 0 radical (unpaired) electrons. The molecule has 19 heavy (non-hydrogen) atoms. The molecule has 1 aromatic carbocycles. The molecule has 0 aliphatic carbocycles. The van der Waals surface area contributed by atoms with E-state index in [4.69, 9.17) is 5.73 Å². The second kappa shape index (κ2) is 5.41. The molecule has 3 N–H and O–H groups in total. The van der Waals surface area contributed by atoms with E-state index in [1.807, 2.05) is 0 Å². The minimum atomic E-state index is -3.58. The summed E-state index contributed by atoms with van der Waals surface area (Å²) in [6, 6.07) is 5.04. The predicted octanol–water partition coefficient (Wildman–Crippen LogP) is 0.752. The Morgan fingerprint density at radius 1 is 1.42 bits per heavy atom. The lowest BCUT2D eigenvalue weighted by Gasteiger charge is -2.11. The van der Waals surface area contributed by atoms with Crippen molar-refractivity contribution in [3.8, 4) is 0 Å². The molecule has 0 saturated heterocycles. The monoisotopic (exact) mass is 280 g/mol. The largest absolute Gasteiger partial charge is 0.398 e. The van der Waals surface area contributed by atoms with Crippen LogP contribution in [0.25, 0.3) is 0 Å². The number of anilines is 1. The summed E-state index contributed by atoms with van der Waals surface area (Å²) in [4.78, 5) is 4.04. The average Bonchev–Trinajstić information content (AvgIpc) is 2.81. The Morgan fingerprint density at radius 3 is 2.84 bits per heavy atom. The molecule has 0 amide bonds. The standard InChI is InChI=1S/C12H16N4O2S/c1-10-3-2-4-11(13)12(10)19(17,18)15-6-8-16-7-5-14-9-16/h2-5,7,9,15H,6,8,13H2,1H3. The third-order valence-corrected chi connectivity index (χ3v) is 4.41. The Kier molecular flexibility index (Phi) is 3.87. The molecule has 0 fully saturated rings. The summed E-state index contributed by atoms with van der Waals surface area (Å²) in [5.74, 6) is 0. The summed E-state index contributed by atoms with van der Waals surface area (Å²) in [6.07, 6.45) is 5.06. The van der Waals surface area contributed by atoms with Crippen LogP contribution < -0.4 is 10.5 Å². The summed E-state index contributed by atoms with van der Waals surface area (Å²) >= 11 is 0. The van der Waals surface area contributed by atoms with Crippen LogP contribution in [-0.4, -0.2) is 24.5 Å². The quantitative estimate of drug-likeness (QED) is 0.791. The van der Waals surface area contributed by atoms with Crippen molar-refractivity contribution in [2.24, 2.45) is 0 Å². The molecule has 0 unspecified atom stereocenters. The third-order valence-electron chi connectivity index (χ3n) is 2.73. The van der Waals surface area contributed by atoms with Crippen molar-refractivity contribution in [3.63, 3.8) is 0 Å². The first-order valence-corrected chi connectivity index (χ1v) is 7.29. The predicted molar refractivity (Wildman–Crippen MR) is 73.0 cm³/mol. The van der Waals surface area contributed by atoms with Gasteiger partial charge in [0.25, 0.3) is 0 Å². The number of aryl methyl sites for hydroxylation is 1. The molecule has 0 aliphatic heterocycles. The van der Waals surface area contributed by atoms with E-state index in [2.05, 4.69) is 9.71 Å². The molecule has 0 aliphatic rings. The zero-order chi connectivity index (χ0) is 13.9. The third kappa shape index (κ3) is 3.12. The Balaban J connectivity index is 2.10. The highest BCUT2D eigenvalue weighted by Crippen LogP contribution is 2.21. The van der Waals surface area contributed by atoms with Crippen LogP contribution in [0, 0.1) is 6.92 Å². The Labute approximate surface area is 112 Å². The molecule has 7 heteroatoms. The number of benzene rings is 1. The van der Waals surface area contributed by atoms with Crippen LogP contribution in [0.1, 0.15) is 5.56 Å². The van der Waals surface area contributed by atoms with Crippen molar-refractivity contribution in [1.82, 2.24) is 14.3 Å². The first-order chi connectivity index (χ1) is 9.00. The minimum absolute atomic E-state index is 0.153. The first kappa shape index (κ1) is 13.6. The van der Waals surface area contributed by atoms with Gasteiger partial charge in [-0.25, -0.2) is 18.1 Å². The summed E-state index contributed by atoms with van der Waals surface area (Å²) in [7, 11) is -3.58. The van der Waals surface area contributed by atoms with Gasteiger partial charge in [0.05, 0.1) is 12.0 Å². The Hall–Kier alpha value is -1.86. The molecule has 1 heterocycles. The van der Waals surface area contributed by atoms with E-state index in [1.54, 1.807) is 48.4 Å². The van der Waals surface area contributed by atoms with Gasteiger partial charge in [-0.1, -0.05) is 12.1 Å². The van der Waals surface area contributed by atoms with Crippen molar-refractivity contribution in [2.75, 3.05) is 12.3 Å². The van der Waals surface area contributed by atoms with Gasteiger partial charge in [0.1, 0.15) is 4.90 Å². The molecule has 0 saturated carbocycles. The minimum Gasteiger partial charge on any atom is -0.398 e. The van der Waals surface area contributed by atoms with Crippen molar-refractivity contribution in [2.45, 2.75) is 18.4 Å². The van der Waals surface area contributed by atoms with Gasteiger partial charge in [-0.05, 0) is 18.6 Å². The maximum atomic E-state index is 12.2. The Morgan fingerprint density at radius 2 is 2.21 bits per heavy atom. The van der Waals surface area contributed by atoms with E-state index in [9.17, 15) is 8.42 Å². The number of rotatable bonds is 5. The number of nitrogens with zero attached hydrogens (tertiary/aromatic N) is 2. The Bertz CT molecular complexity index is 630. The van der Waals surface area contributed by atoms with Gasteiger partial charge in [0.2, 0.25) is 10.0 Å². The molecule has 0 spiro atoms. The smallest absolute Gasteiger partial charge is 0.242 e. The highest BCUT2D eigenvalue weighted by molar-refractivity contribution is 7.89. The van der Waals surface area contributed by atoms with Crippen LogP contribution >= 0.6 is 0 Å². The van der Waals surface area contributed by atoms with Crippen LogP contribution in [0.3, 0.4) is 0 Å². The first-order valence-electron chi connectivity index (χ1n) is 5.81. The van der Waals surface area contributed by atoms with Crippen LogP contribution in [0.2, 0.25) is 0 Å². The zero-order valence-electron chi connectivity index (χ0n) is 10.6. The van der Waals surface area contributed by atoms with Crippen molar-refractivity contribution in [3.05, 3.63) is 42.5 Å². The SMILES string of the molecule is Cc1cccc(N)c1S(=O)(=O)NCCn1ccnc1. The number of nitrogen functional groups attached to an aromatic ring is 1. The van der Waals surface area contributed by atoms with Crippen LogP contribution in [0.15, 0.2) is 41.8 Å². The average molecular weight is 280 g/mol. The topological polar surface area (TPSA) is 90.0 Å². The van der Waals surface area contributed by atoms with Crippen molar-refractivity contribution < 1.29 is 8.42 Å². The maximum Gasteiger partial charge on any atom is 0.242 e. The van der Waals surface area contributed by atoms with E-state index in [1.165, 1.54) is 0 Å². The fourth-order valence-corrected chi connectivity index (χ4v) is 3.22. The number of aromatic nitrogens is 2. The fourth-order valence-electron chi connectivity index (χ4n) is 1.84. The van der Waals surface area contributed by atoms with Gasteiger partial charge in [-0.3, -0.25) is 0 Å². The molecule has 0 atom stereocenters. The molecular formula is C12H16N4O2S. The van der Waals surface area contributed by atoms with Gasteiger partial charge in [0, 0.05) is 25.5 Å². The van der Waals surface area contributed by atoms with Crippen molar-refractivity contribution >= 4 is 15.7 Å². The highest BCUT2D eigenvalue weighted by atomic mass is 32.2. The molecule has 102 valence electrons. The second-order valence-electron chi connectivity index (χ2n) is 4.19. The van der Waals surface area contributed by atoms with Gasteiger partial charge in [-0.15, -0.1) is 0 Å². The summed E-state index contributed by atoms with van der Waals surface area (Å²) in [6.45, 7) is 2.53. The number of hydrogen-bond acceptors (Lipinski definition) is 4. The second-order valence-corrected chi connectivity index (χ2v) is 5.90. The lowest BCUT2D eigenvalue weighted by atomic mass is 10.2. The van der Waals surface area contributed by atoms with Gasteiger partial charge in [-0.2, -0.15) is 0 Å². The fraction of sp³-hybridized carbons (Fsp3) is 0.250. The molecule has 6 nitrogen and oxygen atoms in total. The molecule has 1 aromatic heterocycles. The van der Waals surface area contributed by atoms with Gasteiger partial charge >= 0.3 is 0 Å². The van der Waals surface area contributed by atoms with E-state index in [-0.39, 0.29) is 17.1 Å². The lowest BCUT2D eigenvalue weighted by Crippen LogP contribution is -2.28. The van der Waals surface area contributed by atoms with E-state index in [0.717, 1.165) is 0 Å². The van der Waals surface area contributed by atoms with Crippen LogP contribution in [0.5, 0.6) is 0 Å². The van der Waals surface area contributed by atoms with Gasteiger partial charge in [0.15, 0.2) is 0 Å². The molecule has 2 rings (SSSR count). The van der Waals surface area contributed by atoms with Crippen molar-refractivity contribution in [1.29, 1.82) is 0 Å². The zero-order valence-corrected chi connectivity index (χ0v) is 11.4. The molecule has 0 bridgehead atoms. The maximum absolute atomic E-state index is 12.2. The van der Waals surface area contributed by atoms with E-state index >= 15 is 0 Å². The number of nitrogens with one attached hydrogen (secondary N) is 1. The normalized spacial score (nSPS) is 11.6. The number of imidazole rings is 1. The summed E-state index contributed by atoms with van der Waals surface area (Å²) in [5.41, 5.74) is 6.63. The van der Waals surface area contributed by atoms with E-state index in [0.29, 0.717) is 12.1 Å². The molecular weight excluding hydrogens is 264 g/mol. The van der Waals surface area contributed by atoms with Crippen LogP contribution in [-0.2, 0) is 16.6 Å². The van der Waals surface area contributed by atoms with E-state index < -0.39 is 10.0 Å². The van der Waals surface area contributed by atoms with Gasteiger partial charge < -0.3 is 10.3 Å². The number of nitrogens with two attached hydrogens (primary N) is 1. The summed E-state index contributed by atoms with van der Waals surface area (Å²) < 4.78 is 28.7.